The minimum atomic E-state index is -0.751. The van der Waals surface area contributed by atoms with Crippen molar-refractivity contribution in [2.45, 2.75) is 25.6 Å². The average molecular weight is 155 g/mol. The molecule has 1 atom stereocenters. The fraction of sp³-hybridized carbons (Fsp3) is 0.571. The van der Waals surface area contributed by atoms with Crippen molar-refractivity contribution in [3.05, 3.63) is 11.9 Å². The van der Waals surface area contributed by atoms with Gasteiger partial charge in [0.25, 0.3) is 0 Å². The van der Waals surface area contributed by atoms with E-state index in [1.54, 1.807) is 10.8 Å². The summed E-state index contributed by atoms with van der Waals surface area (Å²) in [6, 6.07) is 0. The Labute approximate surface area is 64.0 Å². The van der Waals surface area contributed by atoms with E-state index in [0.29, 0.717) is 18.9 Å². The van der Waals surface area contributed by atoms with Gasteiger partial charge >= 0.3 is 0 Å². The van der Waals surface area contributed by atoms with Crippen LogP contribution in [0, 0.1) is 0 Å². The van der Waals surface area contributed by atoms with E-state index in [-0.39, 0.29) is 0 Å². The molecular weight excluding hydrogens is 145 g/mol. The van der Waals surface area contributed by atoms with Gasteiger partial charge in [0.2, 0.25) is 0 Å². The maximum Gasteiger partial charge on any atom is 0.200 e. The van der Waals surface area contributed by atoms with Gasteiger partial charge in [0.1, 0.15) is 6.17 Å². The fourth-order valence-corrected chi connectivity index (χ4v) is 1.43. The second-order valence-electron chi connectivity index (χ2n) is 2.85. The second-order valence-corrected chi connectivity index (χ2v) is 2.85. The molecule has 1 aliphatic rings. The highest BCUT2D eigenvalue weighted by Gasteiger charge is 2.19. The first-order valence-corrected chi connectivity index (χ1v) is 3.71. The van der Waals surface area contributed by atoms with Crippen LogP contribution in [0.1, 0.15) is 12.1 Å². The molecule has 0 radical (unpaired) electrons. The lowest BCUT2D eigenvalue weighted by Crippen LogP contribution is -2.21. The summed E-state index contributed by atoms with van der Waals surface area (Å²) < 4.78 is 14.6. The van der Waals surface area contributed by atoms with Crippen molar-refractivity contribution in [1.29, 1.82) is 0 Å². The number of nitrogen functional groups attached to an aromatic ring is 1. The molecule has 0 amide bonds. The summed E-state index contributed by atoms with van der Waals surface area (Å²) >= 11 is 0. The maximum absolute atomic E-state index is 12.8. The maximum atomic E-state index is 12.8. The third-order valence-electron chi connectivity index (χ3n) is 2.06. The Bertz CT molecular complexity index is 269. The number of fused-ring (bicyclic) bond motifs is 1. The molecule has 0 bridgehead atoms. The van der Waals surface area contributed by atoms with Crippen LogP contribution in [-0.2, 0) is 13.0 Å². The van der Waals surface area contributed by atoms with E-state index in [4.69, 9.17) is 5.73 Å². The highest BCUT2D eigenvalue weighted by atomic mass is 19.1. The first-order chi connectivity index (χ1) is 5.27. The minimum absolute atomic E-state index is 0.376. The van der Waals surface area contributed by atoms with Crippen LogP contribution >= 0.6 is 0 Å². The van der Waals surface area contributed by atoms with Gasteiger partial charge in [-0.15, -0.1) is 0 Å². The van der Waals surface area contributed by atoms with Crippen molar-refractivity contribution in [2.75, 3.05) is 5.73 Å². The van der Waals surface area contributed by atoms with Gasteiger partial charge < -0.3 is 10.3 Å². The van der Waals surface area contributed by atoms with Crippen LogP contribution < -0.4 is 5.73 Å². The summed E-state index contributed by atoms with van der Waals surface area (Å²) in [5.41, 5.74) is 6.56. The predicted octanol–water partition coefficient (Wildman–Crippen LogP) is 0.750. The van der Waals surface area contributed by atoms with Crippen molar-refractivity contribution in [3.63, 3.8) is 0 Å². The number of imidazole rings is 1. The lowest BCUT2D eigenvalue weighted by molar-refractivity contribution is 0.257. The summed E-state index contributed by atoms with van der Waals surface area (Å²) in [7, 11) is 0. The van der Waals surface area contributed by atoms with E-state index in [2.05, 4.69) is 4.98 Å². The smallest absolute Gasteiger partial charge is 0.200 e. The van der Waals surface area contributed by atoms with Gasteiger partial charge in [-0.05, 0) is 12.8 Å². The van der Waals surface area contributed by atoms with Crippen molar-refractivity contribution in [2.24, 2.45) is 0 Å². The first-order valence-electron chi connectivity index (χ1n) is 3.71. The van der Waals surface area contributed by atoms with Crippen molar-refractivity contribution < 1.29 is 4.39 Å². The highest BCUT2D eigenvalue weighted by molar-refractivity contribution is 5.24. The zero-order chi connectivity index (χ0) is 7.84. The molecule has 0 aliphatic carbocycles. The molecule has 2 heterocycles. The number of rotatable bonds is 0. The number of hydrogen-bond donors (Lipinski definition) is 1. The van der Waals surface area contributed by atoms with Crippen molar-refractivity contribution in [3.8, 4) is 0 Å². The third kappa shape index (κ3) is 0.982. The van der Waals surface area contributed by atoms with E-state index in [1.807, 2.05) is 0 Å². The molecule has 2 N–H and O–H groups in total. The van der Waals surface area contributed by atoms with Gasteiger partial charge in [0, 0.05) is 5.69 Å². The Morgan fingerprint density at radius 2 is 2.55 bits per heavy atom. The molecule has 0 saturated heterocycles. The van der Waals surface area contributed by atoms with Crippen LogP contribution in [0.25, 0.3) is 0 Å². The Hall–Kier alpha value is -1.06. The Morgan fingerprint density at radius 3 is 3.36 bits per heavy atom. The van der Waals surface area contributed by atoms with Crippen LogP contribution in [0.3, 0.4) is 0 Å². The largest absolute Gasteiger partial charge is 0.369 e. The standard InChI is InChI=1S/C7H10FN3/c8-5-1-2-6-3-10-7(9)11(6)4-5/h3,5H,1-2,4H2,(H2,9,10). The molecule has 4 heteroatoms. The Balaban J connectivity index is 2.37. The third-order valence-corrected chi connectivity index (χ3v) is 2.06. The number of aromatic nitrogens is 2. The molecule has 3 nitrogen and oxygen atoms in total. The van der Waals surface area contributed by atoms with E-state index in [0.717, 1.165) is 12.1 Å². The summed E-state index contributed by atoms with van der Waals surface area (Å²) in [6.07, 6.45) is 2.33. The van der Waals surface area contributed by atoms with Gasteiger partial charge in [-0.25, -0.2) is 9.37 Å². The number of hydrogen-bond acceptors (Lipinski definition) is 2. The van der Waals surface area contributed by atoms with E-state index >= 15 is 0 Å². The Kier molecular flexibility index (Phi) is 1.34. The second kappa shape index (κ2) is 2.22. The quantitative estimate of drug-likeness (QED) is 0.600. The molecular formula is C7H10FN3. The number of alkyl halides is 1. The molecule has 0 aromatic carbocycles. The first kappa shape index (κ1) is 6.64. The number of aryl methyl sites for hydroxylation is 1. The van der Waals surface area contributed by atoms with Gasteiger partial charge in [0.15, 0.2) is 5.95 Å². The topological polar surface area (TPSA) is 43.8 Å². The number of halogens is 1. The molecule has 0 saturated carbocycles. The number of anilines is 1. The number of nitrogens with zero attached hydrogens (tertiary/aromatic N) is 2. The summed E-state index contributed by atoms with van der Waals surface area (Å²) in [6.45, 7) is 0.376. The molecule has 11 heavy (non-hydrogen) atoms. The molecule has 2 rings (SSSR count). The zero-order valence-corrected chi connectivity index (χ0v) is 6.13. The zero-order valence-electron chi connectivity index (χ0n) is 6.13. The summed E-state index contributed by atoms with van der Waals surface area (Å²) in [4.78, 5) is 3.91. The van der Waals surface area contributed by atoms with Crippen LogP contribution in [0.4, 0.5) is 10.3 Å². The van der Waals surface area contributed by atoms with Crippen LogP contribution in [0.2, 0.25) is 0 Å². The monoisotopic (exact) mass is 155 g/mol. The van der Waals surface area contributed by atoms with Crippen molar-refractivity contribution >= 4 is 5.95 Å². The normalized spacial score (nSPS) is 23.2. The van der Waals surface area contributed by atoms with E-state index < -0.39 is 6.17 Å². The summed E-state index contributed by atoms with van der Waals surface area (Å²) in [5.74, 6) is 0.433. The lowest BCUT2D eigenvalue weighted by atomic mass is 10.1. The molecule has 1 aromatic heterocycles. The Morgan fingerprint density at radius 1 is 1.73 bits per heavy atom. The fourth-order valence-electron chi connectivity index (χ4n) is 1.43. The molecule has 0 spiro atoms. The number of nitrogens with two attached hydrogens (primary N) is 1. The van der Waals surface area contributed by atoms with Crippen LogP contribution in [0.5, 0.6) is 0 Å². The van der Waals surface area contributed by atoms with Gasteiger partial charge in [-0.1, -0.05) is 0 Å². The molecule has 1 unspecified atom stereocenters. The molecule has 60 valence electrons. The predicted molar refractivity (Wildman–Crippen MR) is 39.9 cm³/mol. The van der Waals surface area contributed by atoms with Crippen LogP contribution in [-0.4, -0.2) is 15.7 Å². The highest BCUT2D eigenvalue weighted by Crippen LogP contribution is 2.19. The molecule has 1 aliphatic heterocycles. The molecule has 0 fully saturated rings. The van der Waals surface area contributed by atoms with Crippen LogP contribution in [0.15, 0.2) is 6.20 Å². The van der Waals surface area contributed by atoms with Gasteiger partial charge in [-0.2, -0.15) is 0 Å². The van der Waals surface area contributed by atoms with Gasteiger partial charge in [-0.3, -0.25) is 0 Å². The molecule has 1 aromatic rings. The van der Waals surface area contributed by atoms with E-state index in [9.17, 15) is 4.39 Å². The SMILES string of the molecule is Nc1ncc2n1CC(F)CC2. The lowest BCUT2D eigenvalue weighted by Gasteiger charge is -2.18. The van der Waals surface area contributed by atoms with Gasteiger partial charge in [0.05, 0.1) is 12.7 Å². The van der Waals surface area contributed by atoms with Crippen molar-refractivity contribution in [1.82, 2.24) is 9.55 Å². The average Bonchev–Trinajstić information content (AvgIpc) is 2.33. The summed E-state index contributed by atoms with van der Waals surface area (Å²) in [5, 5.41) is 0. The van der Waals surface area contributed by atoms with E-state index in [1.165, 1.54) is 0 Å². The minimum Gasteiger partial charge on any atom is -0.369 e.